The number of benzene rings is 1. The smallest absolute Gasteiger partial charge is 0.0595 e. The van der Waals surface area contributed by atoms with Crippen LogP contribution < -0.4 is 0 Å². The van der Waals surface area contributed by atoms with Crippen molar-refractivity contribution in [2.24, 2.45) is 0 Å². The van der Waals surface area contributed by atoms with Gasteiger partial charge >= 0.3 is 0 Å². The second kappa shape index (κ2) is 5.85. The average Bonchev–Trinajstić information content (AvgIpc) is 2.34. The van der Waals surface area contributed by atoms with Crippen LogP contribution in [0.1, 0.15) is 16.0 Å². The third kappa shape index (κ3) is 3.44. The highest BCUT2D eigenvalue weighted by Gasteiger charge is 2.10. The van der Waals surface area contributed by atoms with Crippen LogP contribution in [-0.4, -0.2) is 4.98 Å². The molecule has 0 saturated carbocycles. The van der Waals surface area contributed by atoms with Crippen molar-refractivity contribution in [2.45, 2.75) is 11.2 Å². The average molecular weight is 331 g/mol. The predicted molar refractivity (Wildman–Crippen MR) is 76.1 cm³/mol. The molecule has 0 aliphatic carbocycles. The topological polar surface area (TPSA) is 12.9 Å². The Morgan fingerprint density at radius 3 is 2.41 bits per heavy atom. The molecule has 0 amide bonds. The van der Waals surface area contributed by atoms with E-state index in [1.165, 1.54) is 5.56 Å². The monoisotopic (exact) mass is 329 g/mol. The van der Waals surface area contributed by atoms with Crippen LogP contribution in [0.15, 0.2) is 42.7 Å². The van der Waals surface area contributed by atoms with E-state index in [0.717, 1.165) is 12.0 Å². The molecule has 0 spiro atoms. The molecule has 2 aromatic rings. The first-order valence-corrected chi connectivity index (χ1v) is 6.82. The molecular formula is C13H10BrCl2N. The van der Waals surface area contributed by atoms with Crippen LogP contribution in [0.4, 0.5) is 0 Å². The number of alkyl halides is 1. The highest BCUT2D eigenvalue weighted by molar-refractivity contribution is 9.09. The first-order chi connectivity index (χ1) is 8.16. The minimum Gasteiger partial charge on any atom is -0.265 e. The molecule has 0 N–H and O–H groups in total. The van der Waals surface area contributed by atoms with Gasteiger partial charge in [-0.2, -0.15) is 0 Å². The van der Waals surface area contributed by atoms with Crippen molar-refractivity contribution in [3.05, 3.63) is 63.9 Å². The molecule has 17 heavy (non-hydrogen) atoms. The molecule has 1 nitrogen and oxygen atoms in total. The van der Waals surface area contributed by atoms with E-state index in [1.807, 2.05) is 30.3 Å². The molecule has 0 fully saturated rings. The summed E-state index contributed by atoms with van der Waals surface area (Å²) in [6.45, 7) is 0. The summed E-state index contributed by atoms with van der Waals surface area (Å²) in [6, 6.07) is 9.71. The summed E-state index contributed by atoms with van der Waals surface area (Å²) in [5, 5.41) is 1.17. The van der Waals surface area contributed by atoms with E-state index in [4.69, 9.17) is 23.2 Å². The summed E-state index contributed by atoms with van der Waals surface area (Å²) in [5.74, 6) is 0. The van der Waals surface area contributed by atoms with Gasteiger partial charge in [-0.25, -0.2) is 0 Å². The summed E-state index contributed by atoms with van der Waals surface area (Å²) in [5.41, 5.74) is 2.35. The summed E-state index contributed by atoms with van der Waals surface area (Å²) in [4.78, 5) is 4.22. The SMILES string of the molecule is Clc1ccc(C(Br)Cc2ccncc2)cc1Cl. The Labute approximate surface area is 119 Å². The van der Waals surface area contributed by atoms with E-state index >= 15 is 0 Å². The second-order valence-corrected chi connectivity index (χ2v) is 5.62. The standard InChI is InChI=1S/C13H10BrCl2N/c14-11(7-9-3-5-17-6-4-9)10-1-2-12(15)13(16)8-10/h1-6,8,11H,7H2. The number of hydrogen-bond donors (Lipinski definition) is 0. The van der Waals surface area contributed by atoms with Crippen molar-refractivity contribution >= 4 is 39.1 Å². The second-order valence-electron chi connectivity index (χ2n) is 3.70. The Balaban J connectivity index is 2.14. The van der Waals surface area contributed by atoms with Gasteiger partial charge in [-0.15, -0.1) is 0 Å². The first-order valence-electron chi connectivity index (χ1n) is 5.15. The lowest BCUT2D eigenvalue weighted by Gasteiger charge is -2.11. The molecule has 88 valence electrons. The number of pyridine rings is 1. The molecule has 2 rings (SSSR count). The number of hydrogen-bond acceptors (Lipinski definition) is 1. The van der Waals surface area contributed by atoms with E-state index in [0.29, 0.717) is 10.0 Å². The zero-order valence-electron chi connectivity index (χ0n) is 8.91. The Kier molecular flexibility index (Phi) is 4.43. The van der Waals surface area contributed by atoms with Crippen LogP contribution in [0.25, 0.3) is 0 Å². The summed E-state index contributed by atoms with van der Waals surface area (Å²) >= 11 is 15.5. The molecule has 0 aliphatic heterocycles. The number of nitrogens with zero attached hydrogens (tertiary/aromatic N) is 1. The molecule has 0 aliphatic rings. The van der Waals surface area contributed by atoms with Gasteiger partial charge in [0.2, 0.25) is 0 Å². The van der Waals surface area contributed by atoms with Crippen molar-refractivity contribution in [1.29, 1.82) is 0 Å². The lowest BCUT2D eigenvalue weighted by Crippen LogP contribution is -1.95. The molecule has 1 atom stereocenters. The van der Waals surface area contributed by atoms with Gasteiger partial charge in [0.25, 0.3) is 0 Å². The fourth-order valence-corrected chi connectivity index (χ4v) is 2.52. The molecule has 0 saturated heterocycles. The maximum absolute atomic E-state index is 6.00. The number of rotatable bonds is 3. The van der Waals surface area contributed by atoms with Crippen molar-refractivity contribution in [1.82, 2.24) is 4.98 Å². The fourth-order valence-electron chi connectivity index (χ4n) is 1.55. The maximum Gasteiger partial charge on any atom is 0.0595 e. The Morgan fingerprint density at radius 1 is 1.06 bits per heavy atom. The van der Waals surface area contributed by atoms with Gasteiger partial charge in [0.1, 0.15) is 0 Å². The summed E-state index contributed by atoms with van der Waals surface area (Å²) in [7, 11) is 0. The van der Waals surface area contributed by atoms with E-state index in [9.17, 15) is 0 Å². The number of aromatic nitrogens is 1. The molecular weight excluding hydrogens is 321 g/mol. The quantitative estimate of drug-likeness (QED) is 0.716. The largest absolute Gasteiger partial charge is 0.265 e. The van der Waals surface area contributed by atoms with Crippen LogP contribution in [0.2, 0.25) is 10.0 Å². The fraction of sp³-hybridized carbons (Fsp3) is 0.154. The normalized spacial score (nSPS) is 12.4. The molecule has 1 aromatic heterocycles. The molecule has 1 aromatic carbocycles. The van der Waals surface area contributed by atoms with Crippen molar-refractivity contribution in [3.8, 4) is 0 Å². The lowest BCUT2D eigenvalue weighted by molar-refractivity contribution is 0.944. The Morgan fingerprint density at radius 2 is 1.76 bits per heavy atom. The zero-order chi connectivity index (χ0) is 12.3. The van der Waals surface area contributed by atoms with Gasteiger partial charge in [0.15, 0.2) is 0 Å². The van der Waals surface area contributed by atoms with E-state index in [1.54, 1.807) is 12.4 Å². The third-order valence-corrected chi connectivity index (χ3v) is 4.06. The molecule has 0 bridgehead atoms. The van der Waals surface area contributed by atoms with Gasteiger partial charge in [-0.05, 0) is 41.8 Å². The highest BCUT2D eigenvalue weighted by atomic mass is 79.9. The van der Waals surface area contributed by atoms with Crippen molar-refractivity contribution in [3.63, 3.8) is 0 Å². The Bertz CT molecular complexity index is 502. The molecule has 0 radical (unpaired) electrons. The van der Waals surface area contributed by atoms with Crippen LogP contribution in [0.3, 0.4) is 0 Å². The van der Waals surface area contributed by atoms with Gasteiger partial charge in [0, 0.05) is 17.2 Å². The van der Waals surface area contributed by atoms with Crippen LogP contribution in [0, 0.1) is 0 Å². The van der Waals surface area contributed by atoms with Crippen LogP contribution in [-0.2, 0) is 6.42 Å². The van der Waals surface area contributed by atoms with Crippen LogP contribution >= 0.6 is 39.1 Å². The Hall–Kier alpha value is -0.570. The van der Waals surface area contributed by atoms with E-state index < -0.39 is 0 Å². The summed E-state index contributed by atoms with van der Waals surface area (Å²) < 4.78 is 0. The van der Waals surface area contributed by atoms with E-state index in [2.05, 4.69) is 20.9 Å². The maximum atomic E-state index is 6.00. The van der Waals surface area contributed by atoms with Gasteiger partial charge in [-0.3, -0.25) is 4.98 Å². The van der Waals surface area contributed by atoms with Crippen molar-refractivity contribution < 1.29 is 0 Å². The zero-order valence-corrected chi connectivity index (χ0v) is 12.0. The number of halogens is 3. The van der Waals surface area contributed by atoms with Crippen molar-refractivity contribution in [2.75, 3.05) is 0 Å². The minimum absolute atomic E-state index is 0.222. The first kappa shape index (κ1) is 12.9. The van der Waals surface area contributed by atoms with Gasteiger partial charge in [-0.1, -0.05) is 45.2 Å². The van der Waals surface area contributed by atoms with E-state index in [-0.39, 0.29) is 4.83 Å². The third-order valence-electron chi connectivity index (χ3n) is 2.47. The van der Waals surface area contributed by atoms with Gasteiger partial charge in [0.05, 0.1) is 10.0 Å². The predicted octanol–water partition coefficient (Wildman–Crippen LogP) is 5.07. The molecule has 4 heteroatoms. The van der Waals surface area contributed by atoms with Crippen LogP contribution in [0.5, 0.6) is 0 Å². The van der Waals surface area contributed by atoms with Gasteiger partial charge < -0.3 is 0 Å². The highest BCUT2D eigenvalue weighted by Crippen LogP contribution is 2.31. The molecule has 1 heterocycles. The summed E-state index contributed by atoms with van der Waals surface area (Å²) in [6.07, 6.45) is 4.48. The lowest BCUT2D eigenvalue weighted by atomic mass is 10.1. The minimum atomic E-state index is 0.222. The molecule has 1 unspecified atom stereocenters.